The summed E-state index contributed by atoms with van der Waals surface area (Å²) in [6.07, 6.45) is 48.8. The molecular formula is C44H83N2O6P. The van der Waals surface area contributed by atoms with E-state index in [-0.39, 0.29) is 25.7 Å². The Morgan fingerprint density at radius 3 is 1.45 bits per heavy atom. The molecule has 53 heavy (non-hydrogen) atoms. The summed E-state index contributed by atoms with van der Waals surface area (Å²) in [5.41, 5.74) is 5.37. The highest BCUT2D eigenvalue weighted by Gasteiger charge is 2.26. The van der Waals surface area contributed by atoms with Gasteiger partial charge in [0.1, 0.15) is 0 Å². The van der Waals surface area contributed by atoms with Crippen LogP contribution in [0.15, 0.2) is 48.6 Å². The maximum absolute atomic E-state index is 12.7. The number of amides is 1. The van der Waals surface area contributed by atoms with Gasteiger partial charge < -0.3 is 21.1 Å². The Bertz CT molecular complexity index is 970. The highest BCUT2D eigenvalue weighted by Crippen LogP contribution is 2.43. The van der Waals surface area contributed by atoms with E-state index in [9.17, 15) is 19.4 Å². The number of allylic oxidation sites excluding steroid dienone is 7. The molecule has 0 fully saturated rings. The molecular weight excluding hydrogens is 683 g/mol. The fraction of sp³-hybridized carbons (Fsp3) is 0.795. The Labute approximate surface area is 326 Å². The molecule has 0 heterocycles. The number of aliphatic hydroxyl groups is 1. The van der Waals surface area contributed by atoms with E-state index in [0.717, 1.165) is 64.2 Å². The van der Waals surface area contributed by atoms with Crippen molar-refractivity contribution in [3.8, 4) is 0 Å². The lowest BCUT2D eigenvalue weighted by atomic mass is 10.1. The molecule has 310 valence electrons. The summed E-state index contributed by atoms with van der Waals surface area (Å²) in [6.45, 7) is 4.08. The van der Waals surface area contributed by atoms with Crippen LogP contribution in [0.4, 0.5) is 0 Å². The van der Waals surface area contributed by atoms with Crippen molar-refractivity contribution < 1.29 is 28.4 Å². The van der Waals surface area contributed by atoms with Crippen LogP contribution in [0.1, 0.15) is 194 Å². The second kappa shape index (κ2) is 40.1. The minimum atomic E-state index is -4.35. The summed E-state index contributed by atoms with van der Waals surface area (Å²) < 4.78 is 22.1. The van der Waals surface area contributed by atoms with Gasteiger partial charge in [0, 0.05) is 13.0 Å². The Morgan fingerprint density at radius 2 is 1.00 bits per heavy atom. The molecule has 0 aromatic heterocycles. The van der Waals surface area contributed by atoms with Crippen LogP contribution >= 0.6 is 7.82 Å². The number of carbonyl (C=O) groups is 1. The van der Waals surface area contributed by atoms with Crippen LogP contribution < -0.4 is 11.1 Å². The second-order valence-corrected chi connectivity index (χ2v) is 16.0. The van der Waals surface area contributed by atoms with Crippen molar-refractivity contribution in [3.63, 3.8) is 0 Å². The van der Waals surface area contributed by atoms with Crippen LogP contribution in [0.2, 0.25) is 0 Å². The Hall–Kier alpha value is -1.54. The average molecular weight is 767 g/mol. The quantitative estimate of drug-likeness (QED) is 0.0277. The van der Waals surface area contributed by atoms with Crippen molar-refractivity contribution in [3.05, 3.63) is 48.6 Å². The summed E-state index contributed by atoms with van der Waals surface area (Å²) in [5, 5.41) is 13.6. The fourth-order valence-corrected chi connectivity index (χ4v) is 6.80. The SMILES string of the molecule is CCCCCCC/C=C\CCCCCCCC(=O)NC(COP(=O)(O)OCCN)C(O)/C=C/CC/C=C/CC/C=C/CCCCCCCCCCCC. The van der Waals surface area contributed by atoms with Gasteiger partial charge in [0.25, 0.3) is 0 Å². The predicted molar refractivity (Wildman–Crippen MR) is 226 cm³/mol. The molecule has 0 radical (unpaired) electrons. The van der Waals surface area contributed by atoms with Crippen LogP contribution in [0.3, 0.4) is 0 Å². The van der Waals surface area contributed by atoms with Crippen molar-refractivity contribution in [1.29, 1.82) is 0 Å². The van der Waals surface area contributed by atoms with Crippen molar-refractivity contribution in [2.24, 2.45) is 5.73 Å². The third-order valence-corrected chi connectivity index (χ3v) is 10.3. The summed E-state index contributed by atoms with van der Waals surface area (Å²) in [4.78, 5) is 22.7. The number of nitrogens with one attached hydrogen (secondary N) is 1. The molecule has 0 saturated heterocycles. The summed E-state index contributed by atoms with van der Waals surface area (Å²) in [7, 11) is -4.35. The average Bonchev–Trinajstić information content (AvgIpc) is 3.14. The van der Waals surface area contributed by atoms with E-state index in [1.54, 1.807) is 6.08 Å². The molecule has 0 bridgehead atoms. The maximum Gasteiger partial charge on any atom is 0.472 e. The molecule has 1 amide bonds. The molecule has 0 aliphatic heterocycles. The van der Waals surface area contributed by atoms with Gasteiger partial charge in [0.2, 0.25) is 5.91 Å². The van der Waals surface area contributed by atoms with Gasteiger partial charge in [0.05, 0.1) is 25.4 Å². The van der Waals surface area contributed by atoms with Gasteiger partial charge >= 0.3 is 7.82 Å². The topological polar surface area (TPSA) is 131 Å². The van der Waals surface area contributed by atoms with Crippen LogP contribution in [-0.2, 0) is 18.4 Å². The summed E-state index contributed by atoms with van der Waals surface area (Å²) in [5.74, 6) is -0.218. The molecule has 0 aliphatic rings. The van der Waals surface area contributed by atoms with E-state index >= 15 is 0 Å². The molecule has 0 aromatic rings. The van der Waals surface area contributed by atoms with Crippen LogP contribution in [0, 0.1) is 0 Å². The van der Waals surface area contributed by atoms with E-state index in [2.05, 4.69) is 55.6 Å². The van der Waals surface area contributed by atoms with Crippen molar-refractivity contribution in [1.82, 2.24) is 5.32 Å². The number of carbonyl (C=O) groups excluding carboxylic acids is 1. The van der Waals surface area contributed by atoms with Gasteiger partial charge in [0.15, 0.2) is 0 Å². The first-order valence-corrected chi connectivity index (χ1v) is 23.3. The van der Waals surface area contributed by atoms with Gasteiger partial charge in [-0.15, -0.1) is 0 Å². The molecule has 5 N–H and O–H groups in total. The smallest absolute Gasteiger partial charge is 0.387 e. The van der Waals surface area contributed by atoms with Gasteiger partial charge in [-0.3, -0.25) is 13.8 Å². The molecule has 0 saturated carbocycles. The number of hydrogen-bond acceptors (Lipinski definition) is 6. The van der Waals surface area contributed by atoms with Crippen LogP contribution in [-0.4, -0.2) is 47.8 Å². The molecule has 3 unspecified atom stereocenters. The molecule has 8 nitrogen and oxygen atoms in total. The predicted octanol–water partition coefficient (Wildman–Crippen LogP) is 12.1. The van der Waals surface area contributed by atoms with Crippen molar-refractivity contribution in [2.45, 2.75) is 206 Å². The Balaban J connectivity index is 4.31. The number of phosphoric acid groups is 1. The van der Waals surface area contributed by atoms with Crippen LogP contribution in [0.5, 0.6) is 0 Å². The number of unbranched alkanes of at least 4 members (excludes halogenated alkanes) is 22. The zero-order chi connectivity index (χ0) is 38.9. The van der Waals surface area contributed by atoms with Gasteiger partial charge in [-0.25, -0.2) is 4.57 Å². The molecule has 0 aliphatic carbocycles. The zero-order valence-electron chi connectivity index (χ0n) is 34.2. The molecule has 0 aromatic carbocycles. The van der Waals surface area contributed by atoms with E-state index < -0.39 is 20.0 Å². The number of nitrogens with two attached hydrogens (primary N) is 1. The van der Waals surface area contributed by atoms with Crippen molar-refractivity contribution in [2.75, 3.05) is 19.8 Å². The summed E-state index contributed by atoms with van der Waals surface area (Å²) in [6, 6.07) is -0.887. The maximum atomic E-state index is 12.7. The van der Waals surface area contributed by atoms with Gasteiger partial charge in [-0.1, -0.05) is 165 Å². The lowest BCUT2D eigenvalue weighted by Crippen LogP contribution is -2.45. The number of rotatable bonds is 40. The first kappa shape index (κ1) is 51.5. The first-order valence-electron chi connectivity index (χ1n) is 21.8. The monoisotopic (exact) mass is 767 g/mol. The third kappa shape index (κ3) is 38.5. The standard InChI is InChI=1S/C44H83N2O6P/c1-3-5-7-9-11-13-15-17-19-20-21-22-23-24-25-27-29-31-33-35-37-43(47)42(41-52-53(49,50)51-40-39-45)46-44(48)38-36-34-32-30-28-26-18-16-14-12-10-8-6-4-2/h16,18,22-23,27,29,35,37,42-43,47H,3-15,17,19-21,24-26,28,30-34,36,38-41,45H2,1-2H3,(H,46,48)(H,49,50)/b18-16-,23-22+,29-27+,37-35+. The first-order chi connectivity index (χ1) is 25.9. The Morgan fingerprint density at radius 1 is 0.604 bits per heavy atom. The van der Waals surface area contributed by atoms with E-state index in [0.29, 0.717) is 6.42 Å². The second-order valence-electron chi connectivity index (χ2n) is 14.5. The molecule has 9 heteroatoms. The van der Waals surface area contributed by atoms with Crippen LogP contribution in [0.25, 0.3) is 0 Å². The third-order valence-electron chi connectivity index (χ3n) is 9.35. The number of phosphoric ester groups is 1. The largest absolute Gasteiger partial charge is 0.472 e. The lowest BCUT2D eigenvalue weighted by molar-refractivity contribution is -0.123. The molecule has 0 rings (SSSR count). The van der Waals surface area contributed by atoms with E-state index in [1.165, 1.54) is 109 Å². The highest BCUT2D eigenvalue weighted by molar-refractivity contribution is 7.47. The zero-order valence-corrected chi connectivity index (χ0v) is 35.1. The van der Waals surface area contributed by atoms with E-state index in [4.69, 9.17) is 14.8 Å². The lowest BCUT2D eigenvalue weighted by Gasteiger charge is -2.23. The van der Waals surface area contributed by atoms with Crippen molar-refractivity contribution >= 4 is 13.7 Å². The minimum Gasteiger partial charge on any atom is -0.387 e. The normalized spacial score (nSPS) is 14.6. The number of hydrogen-bond donors (Lipinski definition) is 4. The fourth-order valence-electron chi connectivity index (χ4n) is 6.04. The summed E-state index contributed by atoms with van der Waals surface area (Å²) >= 11 is 0. The van der Waals surface area contributed by atoms with E-state index in [1.807, 2.05) is 6.08 Å². The minimum absolute atomic E-state index is 0.0694. The Kier molecular flexibility index (Phi) is 39.0. The van der Waals surface area contributed by atoms with Gasteiger partial charge in [-0.05, 0) is 70.6 Å². The van der Waals surface area contributed by atoms with Gasteiger partial charge in [-0.2, -0.15) is 0 Å². The highest BCUT2D eigenvalue weighted by atomic mass is 31.2. The molecule has 3 atom stereocenters. The molecule has 0 spiro atoms. The number of aliphatic hydroxyl groups excluding tert-OH is 1.